The maximum Gasteiger partial charge on any atom is 0.255 e. The Bertz CT molecular complexity index is 1130. The minimum atomic E-state index is -4.09. The van der Waals surface area contributed by atoms with Crippen LogP contribution < -0.4 is 5.32 Å². The summed E-state index contributed by atoms with van der Waals surface area (Å²) in [5, 5.41) is 12.1. The molecule has 2 fully saturated rings. The van der Waals surface area contributed by atoms with Gasteiger partial charge in [-0.3, -0.25) is 4.79 Å². The van der Waals surface area contributed by atoms with Crippen molar-refractivity contribution in [1.29, 1.82) is 0 Å². The molecule has 0 spiro atoms. The van der Waals surface area contributed by atoms with Crippen molar-refractivity contribution in [1.82, 2.24) is 0 Å². The fourth-order valence-electron chi connectivity index (χ4n) is 4.84. The summed E-state index contributed by atoms with van der Waals surface area (Å²) >= 11 is 0. The predicted octanol–water partition coefficient (Wildman–Crippen LogP) is 4.07. The van der Waals surface area contributed by atoms with Crippen LogP contribution in [0, 0.1) is 29.3 Å². The van der Waals surface area contributed by atoms with Gasteiger partial charge in [0.1, 0.15) is 10.7 Å². The van der Waals surface area contributed by atoms with Gasteiger partial charge in [-0.25, -0.2) is 21.6 Å². The molecule has 2 unspecified atom stereocenters. The number of fused-ring (bicyclic) bond motifs is 2. The zero-order valence-electron chi connectivity index (χ0n) is 16.7. The highest BCUT2D eigenvalue weighted by atomic mass is 32.2. The molecule has 166 valence electrons. The number of hydrogen-bond acceptors (Lipinski definition) is 4. The van der Waals surface area contributed by atoms with E-state index in [9.17, 15) is 31.5 Å². The lowest BCUT2D eigenvalue weighted by Crippen LogP contribution is -2.45. The number of halogens is 3. The normalized spacial score (nSPS) is 27.8. The molecular weight excluding hydrogens is 431 g/mol. The van der Waals surface area contributed by atoms with Gasteiger partial charge in [-0.05, 0) is 74.8 Å². The molecule has 2 N–H and O–H groups in total. The molecule has 0 saturated heterocycles. The number of amides is 1. The highest BCUT2D eigenvalue weighted by molar-refractivity contribution is 7.92. The summed E-state index contributed by atoms with van der Waals surface area (Å²) in [5.74, 6) is -4.32. The van der Waals surface area contributed by atoms with Crippen molar-refractivity contribution < 1.29 is 31.5 Å². The van der Waals surface area contributed by atoms with E-state index in [1.54, 1.807) is 6.92 Å². The maximum atomic E-state index is 14.5. The molecule has 0 aromatic heterocycles. The molecule has 0 aliphatic heterocycles. The zero-order chi connectivity index (χ0) is 22.6. The van der Waals surface area contributed by atoms with Gasteiger partial charge in [-0.1, -0.05) is 0 Å². The first-order chi connectivity index (χ1) is 14.5. The number of benzene rings is 2. The Hall–Kier alpha value is -2.39. The first-order valence-corrected chi connectivity index (χ1v) is 11.6. The lowest BCUT2D eigenvalue weighted by molar-refractivity contribution is -0.0413. The smallest absolute Gasteiger partial charge is 0.255 e. The Morgan fingerprint density at radius 3 is 2.23 bits per heavy atom. The third-order valence-corrected chi connectivity index (χ3v) is 8.92. The maximum absolute atomic E-state index is 14.5. The van der Waals surface area contributed by atoms with Gasteiger partial charge in [0, 0.05) is 17.3 Å². The number of rotatable bonds is 4. The van der Waals surface area contributed by atoms with Crippen molar-refractivity contribution in [2.24, 2.45) is 11.8 Å². The molecular formula is C22H22F3NO4S. The minimum Gasteiger partial charge on any atom is -0.390 e. The Labute approximate surface area is 178 Å². The van der Waals surface area contributed by atoms with E-state index in [0.717, 1.165) is 49.2 Å². The molecule has 4 rings (SSSR count). The van der Waals surface area contributed by atoms with Crippen LogP contribution in [0.4, 0.5) is 18.9 Å². The molecule has 2 saturated carbocycles. The van der Waals surface area contributed by atoms with E-state index in [4.69, 9.17) is 0 Å². The first kappa shape index (κ1) is 21.8. The molecule has 2 aromatic rings. The van der Waals surface area contributed by atoms with Crippen molar-refractivity contribution in [2.75, 3.05) is 5.32 Å². The van der Waals surface area contributed by atoms with Gasteiger partial charge >= 0.3 is 0 Å². The van der Waals surface area contributed by atoms with E-state index < -0.39 is 48.9 Å². The average Bonchev–Trinajstić information content (AvgIpc) is 2.87. The summed E-state index contributed by atoms with van der Waals surface area (Å²) in [5.41, 5.74) is -1.07. The molecule has 1 amide bonds. The lowest BCUT2D eigenvalue weighted by atomic mass is 9.76. The number of nitrogens with one attached hydrogen (secondary N) is 1. The molecule has 31 heavy (non-hydrogen) atoms. The fourth-order valence-corrected chi connectivity index (χ4v) is 6.80. The van der Waals surface area contributed by atoms with Crippen LogP contribution in [0.15, 0.2) is 41.3 Å². The van der Waals surface area contributed by atoms with Gasteiger partial charge in [0.2, 0.25) is 0 Å². The minimum absolute atomic E-state index is 0.0243. The Morgan fingerprint density at radius 1 is 1.00 bits per heavy atom. The van der Waals surface area contributed by atoms with Crippen LogP contribution in [-0.2, 0) is 9.84 Å². The van der Waals surface area contributed by atoms with Crippen LogP contribution in [0.2, 0.25) is 0 Å². The lowest BCUT2D eigenvalue weighted by Gasteiger charge is -2.40. The van der Waals surface area contributed by atoms with Crippen LogP contribution in [0.1, 0.15) is 43.0 Å². The molecule has 2 aliphatic rings. The summed E-state index contributed by atoms with van der Waals surface area (Å²) in [6.45, 7) is 1.72. The van der Waals surface area contributed by atoms with E-state index in [1.165, 1.54) is 0 Å². The topological polar surface area (TPSA) is 83.5 Å². The van der Waals surface area contributed by atoms with Crippen LogP contribution in [-0.4, -0.2) is 30.3 Å². The van der Waals surface area contributed by atoms with Gasteiger partial charge in [-0.15, -0.1) is 0 Å². The second-order valence-corrected chi connectivity index (χ2v) is 10.8. The highest BCUT2D eigenvalue weighted by Crippen LogP contribution is 2.51. The van der Waals surface area contributed by atoms with Crippen LogP contribution >= 0.6 is 0 Å². The fraction of sp³-hybridized carbons (Fsp3) is 0.409. The van der Waals surface area contributed by atoms with E-state index in [2.05, 4.69) is 5.32 Å². The molecule has 0 radical (unpaired) electrons. The third-order valence-electron chi connectivity index (χ3n) is 6.73. The third kappa shape index (κ3) is 3.85. The predicted molar refractivity (Wildman–Crippen MR) is 108 cm³/mol. The number of anilines is 1. The molecule has 9 heteroatoms. The summed E-state index contributed by atoms with van der Waals surface area (Å²) in [4.78, 5) is 11.9. The van der Waals surface area contributed by atoms with E-state index in [0.29, 0.717) is 0 Å². The molecule has 0 heterocycles. The highest BCUT2D eigenvalue weighted by Gasteiger charge is 2.53. The van der Waals surface area contributed by atoms with E-state index in [1.807, 2.05) is 0 Å². The van der Waals surface area contributed by atoms with Gasteiger partial charge in [0.05, 0.1) is 10.9 Å². The number of hydrogen-bond donors (Lipinski definition) is 2. The van der Waals surface area contributed by atoms with Crippen LogP contribution in [0.5, 0.6) is 0 Å². The van der Waals surface area contributed by atoms with Crippen molar-refractivity contribution in [3.63, 3.8) is 0 Å². The van der Waals surface area contributed by atoms with Crippen molar-refractivity contribution >= 4 is 21.4 Å². The SMILES string of the molecule is C[C@]1(O)C2CCC1C[C@@H](S(=O)(=O)c1cc(C(=O)Nc3ccc(F)c(F)c3)ccc1F)C2. The van der Waals surface area contributed by atoms with Gasteiger partial charge in [-0.2, -0.15) is 0 Å². The van der Waals surface area contributed by atoms with E-state index >= 15 is 0 Å². The molecule has 2 bridgehead atoms. The summed E-state index contributed by atoms with van der Waals surface area (Å²) < 4.78 is 67.4. The Kier molecular flexibility index (Phi) is 5.37. The van der Waals surface area contributed by atoms with Gasteiger partial charge in [0.25, 0.3) is 5.91 Å². The van der Waals surface area contributed by atoms with Gasteiger partial charge in [0.15, 0.2) is 21.5 Å². The Balaban J connectivity index is 1.60. The Morgan fingerprint density at radius 2 is 1.61 bits per heavy atom. The van der Waals surface area contributed by atoms with Crippen LogP contribution in [0.25, 0.3) is 0 Å². The summed E-state index contributed by atoms with van der Waals surface area (Å²) in [6.07, 6.45) is 1.92. The van der Waals surface area contributed by atoms with Crippen molar-refractivity contribution in [2.45, 2.75) is 48.4 Å². The van der Waals surface area contributed by atoms with E-state index in [-0.39, 0.29) is 35.9 Å². The molecule has 2 atom stereocenters. The molecule has 2 aromatic carbocycles. The second kappa shape index (κ2) is 7.63. The summed E-state index contributed by atoms with van der Waals surface area (Å²) in [7, 11) is -4.09. The first-order valence-electron chi connectivity index (χ1n) is 10.0. The summed E-state index contributed by atoms with van der Waals surface area (Å²) in [6, 6.07) is 5.78. The number of carbonyl (C=O) groups is 1. The monoisotopic (exact) mass is 453 g/mol. The van der Waals surface area contributed by atoms with Crippen molar-refractivity contribution in [3.05, 3.63) is 59.4 Å². The zero-order valence-corrected chi connectivity index (χ0v) is 17.6. The molecule has 2 aliphatic carbocycles. The number of sulfone groups is 1. The number of carbonyl (C=O) groups excluding carboxylic acids is 1. The second-order valence-electron chi connectivity index (χ2n) is 8.56. The van der Waals surface area contributed by atoms with Crippen molar-refractivity contribution in [3.8, 4) is 0 Å². The standard InChI is InChI=1S/C22H22F3NO4S/c1-22(28)13-3-4-14(22)10-16(9-13)31(29,30)20-8-12(2-6-18(20)24)21(27)26-15-5-7-17(23)19(25)11-15/h2,5-8,11,13-14,16,28H,3-4,9-10H2,1H3,(H,26,27)/t13?,14?,16-,22-. The largest absolute Gasteiger partial charge is 0.390 e. The van der Waals surface area contributed by atoms with Gasteiger partial charge < -0.3 is 10.4 Å². The quantitative estimate of drug-likeness (QED) is 0.731. The number of aliphatic hydroxyl groups is 1. The average molecular weight is 453 g/mol. The van der Waals surface area contributed by atoms with Crippen LogP contribution in [0.3, 0.4) is 0 Å². The molecule has 5 nitrogen and oxygen atoms in total.